The van der Waals surface area contributed by atoms with Crippen LogP contribution in [0.1, 0.15) is 38.5 Å². The molecular weight excluding hydrogens is 336 g/mol. The van der Waals surface area contributed by atoms with E-state index in [0.717, 1.165) is 23.1 Å². The van der Waals surface area contributed by atoms with Crippen LogP contribution >= 0.6 is 23.1 Å². The molecule has 1 N–H and O–H groups in total. The number of thioether (sulfide) groups is 1. The first-order valence-electron chi connectivity index (χ1n) is 6.72. The lowest BCUT2D eigenvalue weighted by molar-refractivity contribution is 0.0531. The number of aryl methyl sites for hydroxylation is 1. The van der Waals surface area contributed by atoms with Gasteiger partial charge in [-0.05, 0) is 50.2 Å². The predicted octanol–water partition coefficient (Wildman–Crippen LogP) is 3.96. The summed E-state index contributed by atoms with van der Waals surface area (Å²) < 4.78 is 10.3. The molecule has 0 aliphatic rings. The molecule has 0 bridgehead atoms. The van der Waals surface area contributed by atoms with Crippen molar-refractivity contribution in [3.8, 4) is 5.40 Å². The Labute approximate surface area is 141 Å². The summed E-state index contributed by atoms with van der Waals surface area (Å²) in [7, 11) is 0. The summed E-state index contributed by atoms with van der Waals surface area (Å²) in [5.74, 6) is -0.117. The number of hydrogen-bond donors (Lipinski definition) is 1. The van der Waals surface area contributed by atoms with E-state index in [1.807, 2.05) is 5.40 Å². The number of hydrogen-bond acceptors (Lipinski definition) is 7. The number of nitrogens with zero attached hydrogens (tertiary/aromatic N) is 1. The standard InChI is InChI=1S/C15H14N2O4S2/c1-4-20-15(19)12-9(3)11(22-7-16)14(23-12)17-13(18)10-6-5-8(2)21-10/h5-6H,4H2,1-3H3,(H,17,18). The highest BCUT2D eigenvalue weighted by Crippen LogP contribution is 2.40. The average Bonchev–Trinajstić information content (AvgIpc) is 3.06. The summed E-state index contributed by atoms with van der Waals surface area (Å²) in [5, 5.41) is 14.0. The lowest BCUT2D eigenvalue weighted by atomic mass is 10.3. The Morgan fingerprint density at radius 1 is 1.43 bits per heavy atom. The summed E-state index contributed by atoms with van der Waals surface area (Å²) in [5.41, 5.74) is 0.617. The van der Waals surface area contributed by atoms with E-state index >= 15 is 0 Å². The second-order valence-electron chi connectivity index (χ2n) is 4.49. The van der Waals surface area contributed by atoms with Gasteiger partial charge in [0, 0.05) is 0 Å². The van der Waals surface area contributed by atoms with Gasteiger partial charge in [-0.1, -0.05) is 0 Å². The maximum absolute atomic E-state index is 12.2. The van der Waals surface area contributed by atoms with Crippen LogP contribution in [-0.4, -0.2) is 18.5 Å². The summed E-state index contributed by atoms with van der Waals surface area (Å²) in [6.07, 6.45) is 0. The van der Waals surface area contributed by atoms with Crippen molar-refractivity contribution in [3.05, 3.63) is 34.1 Å². The van der Waals surface area contributed by atoms with Crippen molar-refractivity contribution in [1.29, 1.82) is 5.26 Å². The van der Waals surface area contributed by atoms with E-state index < -0.39 is 11.9 Å². The number of esters is 1. The second-order valence-corrected chi connectivity index (χ2v) is 6.31. The molecule has 120 valence electrons. The lowest BCUT2D eigenvalue weighted by Crippen LogP contribution is -2.10. The van der Waals surface area contributed by atoms with Gasteiger partial charge in [0.1, 0.15) is 21.0 Å². The van der Waals surface area contributed by atoms with Gasteiger partial charge >= 0.3 is 5.97 Å². The largest absolute Gasteiger partial charge is 0.462 e. The second kappa shape index (κ2) is 7.35. The van der Waals surface area contributed by atoms with Crippen LogP contribution in [0.5, 0.6) is 0 Å². The van der Waals surface area contributed by atoms with E-state index in [1.165, 1.54) is 0 Å². The number of nitrogens with one attached hydrogen (secondary N) is 1. The minimum absolute atomic E-state index is 0.166. The highest BCUT2D eigenvalue weighted by atomic mass is 32.2. The molecule has 6 nitrogen and oxygen atoms in total. The molecule has 1 amide bonds. The molecule has 0 saturated carbocycles. The zero-order chi connectivity index (χ0) is 17.0. The molecule has 0 aliphatic heterocycles. The van der Waals surface area contributed by atoms with Crippen LogP contribution in [0.2, 0.25) is 0 Å². The Hall–Kier alpha value is -2.24. The maximum atomic E-state index is 12.2. The van der Waals surface area contributed by atoms with Gasteiger partial charge in [-0.3, -0.25) is 4.79 Å². The molecule has 23 heavy (non-hydrogen) atoms. The Bertz CT molecular complexity index is 786. The molecule has 2 heterocycles. The van der Waals surface area contributed by atoms with Crippen molar-refractivity contribution < 1.29 is 18.7 Å². The summed E-state index contributed by atoms with van der Waals surface area (Å²) >= 11 is 1.97. The minimum atomic E-state index is -0.468. The topological polar surface area (TPSA) is 92.3 Å². The lowest BCUT2D eigenvalue weighted by Gasteiger charge is -2.02. The van der Waals surface area contributed by atoms with E-state index in [9.17, 15) is 9.59 Å². The van der Waals surface area contributed by atoms with Gasteiger partial charge in [-0.25, -0.2) is 4.79 Å². The smallest absolute Gasteiger partial charge is 0.348 e. The molecule has 2 aromatic rings. The van der Waals surface area contributed by atoms with E-state index in [-0.39, 0.29) is 12.4 Å². The van der Waals surface area contributed by atoms with E-state index in [4.69, 9.17) is 14.4 Å². The fraction of sp³-hybridized carbons (Fsp3) is 0.267. The highest BCUT2D eigenvalue weighted by Gasteiger charge is 2.23. The number of thiocyanates is 1. The molecule has 8 heteroatoms. The monoisotopic (exact) mass is 350 g/mol. The van der Waals surface area contributed by atoms with Gasteiger partial charge in [-0.15, -0.1) is 11.3 Å². The van der Waals surface area contributed by atoms with Crippen molar-refractivity contribution >= 4 is 40.0 Å². The number of rotatable bonds is 5. The maximum Gasteiger partial charge on any atom is 0.348 e. The zero-order valence-corrected chi connectivity index (χ0v) is 14.4. The number of anilines is 1. The summed E-state index contributed by atoms with van der Waals surface area (Å²) in [6, 6.07) is 3.25. The van der Waals surface area contributed by atoms with Gasteiger partial charge in [0.05, 0.1) is 11.5 Å². The number of amides is 1. The third-order valence-corrected chi connectivity index (χ3v) is 5.01. The van der Waals surface area contributed by atoms with Gasteiger partial charge in [0.2, 0.25) is 0 Å². The normalized spacial score (nSPS) is 10.2. The van der Waals surface area contributed by atoms with Gasteiger partial charge in [-0.2, -0.15) is 5.26 Å². The van der Waals surface area contributed by atoms with Gasteiger partial charge in [0.25, 0.3) is 5.91 Å². The van der Waals surface area contributed by atoms with Crippen LogP contribution in [-0.2, 0) is 4.74 Å². The minimum Gasteiger partial charge on any atom is -0.462 e. The van der Waals surface area contributed by atoms with Crippen molar-refractivity contribution in [2.45, 2.75) is 25.7 Å². The zero-order valence-electron chi connectivity index (χ0n) is 12.8. The molecule has 0 unspecified atom stereocenters. The van der Waals surface area contributed by atoms with Crippen molar-refractivity contribution in [2.24, 2.45) is 0 Å². The van der Waals surface area contributed by atoms with Crippen LogP contribution in [0.15, 0.2) is 21.4 Å². The van der Waals surface area contributed by atoms with Gasteiger partial charge < -0.3 is 14.5 Å². The SMILES string of the molecule is CCOC(=O)c1sc(NC(=O)c2ccc(C)o2)c(SC#N)c1C. The third-order valence-electron chi connectivity index (χ3n) is 2.89. The molecule has 0 saturated heterocycles. The summed E-state index contributed by atoms with van der Waals surface area (Å²) in [6.45, 7) is 5.43. The van der Waals surface area contributed by atoms with Crippen molar-refractivity contribution in [2.75, 3.05) is 11.9 Å². The highest BCUT2D eigenvalue weighted by molar-refractivity contribution is 8.04. The number of thiophene rings is 1. The molecule has 0 aromatic carbocycles. The van der Waals surface area contributed by atoms with E-state index in [1.54, 1.807) is 32.9 Å². The molecule has 2 rings (SSSR count). The average molecular weight is 350 g/mol. The van der Waals surface area contributed by atoms with Crippen LogP contribution in [0.4, 0.5) is 5.00 Å². The molecule has 0 fully saturated rings. The van der Waals surface area contributed by atoms with Crippen LogP contribution < -0.4 is 5.32 Å². The third kappa shape index (κ3) is 3.75. The number of carbonyl (C=O) groups excluding carboxylic acids is 2. The quantitative estimate of drug-likeness (QED) is 0.498. The van der Waals surface area contributed by atoms with Crippen molar-refractivity contribution in [3.63, 3.8) is 0 Å². The van der Waals surface area contributed by atoms with Crippen LogP contribution in [0.3, 0.4) is 0 Å². The van der Waals surface area contributed by atoms with Gasteiger partial charge in [0.15, 0.2) is 5.76 Å². The summed E-state index contributed by atoms with van der Waals surface area (Å²) in [4.78, 5) is 25.1. The molecule has 0 aliphatic carbocycles. The first-order chi connectivity index (χ1) is 11.0. The number of nitriles is 1. The van der Waals surface area contributed by atoms with Crippen LogP contribution in [0.25, 0.3) is 0 Å². The molecular formula is C15H14N2O4S2. The number of furan rings is 1. The Morgan fingerprint density at radius 3 is 2.74 bits per heavy atom. The first-order valence-corrected chi connectivity index (χ1v) is 8.35. The molecule has 0 spiro atoms. The number of carbonyl (C=O) groups is 2. The number of ether oxygens (including phenoxy) is 1. The Kier molecular flexibility index (Phi) is 5.47. The molecule has 0 atom stereocenters. The Balaban J connectivity index is 2.33. The van der Waals surface area contributed by atoms with E-state index in [2.05, 4.69) is 5.32 Å². The first kappa shape index (κ1) is 17.1. The fourth-order valence-electron chi connectivity index (χ4n) is 1.86. The van der Waals surface area contributed by atoms with E-state index in [0.29, 0.717) is 26.1 Å². The van der Waals surface area contributed by atoms with Crippen molar-refractivity contribution in [1.82, 2.24) is 0 Å². The molecule has 2 aromatic heterocycles. The Morgan fingerprint density at radius 2 is 2.17 bits per heavy atom. The fourth-order valence-corrected chi connectivity index (χ4v) is 3.66. The predicted molar refractivity (Wildman–Crippen MR) is 87.9 cm³/mol. The molecule has 0 radical (unpaired) electrons. The van der Waals surface area contributed by atoms with Crippen LogP contribution in [0, 0.1) is 24.5 Å².